The summed E-state index contributed by atoms with van der Waals surface area (Å²) in [6.07, 6.45) is 4.12. The average molecular weight is 297 g/mol. The van der Waals surface area contributed by atoms with Crippen LogP contribution in [0.1, 0.15) is 0 Å². The van der Waals surface area contributed by atoms with Crippen molar-refractivity contribution in [3.8, 4) is 0 Å². The quantitative estimate of drug-likeness (QED) is 0.683. The van der Waals surface area contributed by atoms with Gasteiger partial charge in [0.25, 0.3) is 0 Å². The number of nitrogens with two attached hydrogens (primary N) is 1. The molecular weight excluding hydrogens is 288 g/mol. The van der Waals surface area contributed by atoms with Crippen molar-refractivity contribution in [1.29, 1.82) is 0 Å². The van der Waals surface area contributed by atoms with Crippen molar-refractivity contribution in [2.45, 2.75) is 0 Å². The van der Waals surface area contributed by atoms with Gasteiger partial charge < -0.3 is 20.8 Å². The maximum atomic E-state index is 9.66. The Hall–Kier alpha value is -2.52. The zero-order valence-electron chi connectivity index (χ0n) is 9.93. The number of fused-ring (bicyclic) bond motifs is 1. The van der Waals surface area contributed by atoms with Crippen molar-refractivity contribution < 1.29 is 15.1 Å². The maximum absolute atomic E-state index is 9.66. The fraction of sp³-hybridized carbons (Fsp3) is 0.100. The van der Waals surface area contributed by atoms with Crippen molar-refractivity contribution >= 4 is 34.3 Å². The molecule has 0 fully saturated rings. The molecule has 1 aliphatic heterocycles. The van der Waals surface area contributed by atoms with Crippen LogP contribution in [-0.4, -0.2) is 41.5 Å². The fourth-order valence-electron chi connectivity index (χ4n) is 1.73. The first-order valence-electron chi connectivity index (χ1n) is 5.42. The van der Waals surface area contributed by atoms with Crippen LogP contribution < -0.4 is 5.73 Å². The number of rotatable bonds is 2. The molecule has 0 saturated carbocycles. The molecule has 2 aromatic rings. The second-order valence-electron chi connectivity index (χ2n) is 3.84. The molecule has 3 heterocycles. The number of hydrogen-bond donors (Lipinski definition) is 3. The Balaban J connectivity index is 2.10. The number of hydrogen-bond acceptors (Lipinski definition) is 8. The Kier molecular flexibility index (Phi) is 2.84. The number of imidazole rings is 1. The highest BCUT2D eigenvalue weighted by atomic mass is 35.5. The molecule has 0 aliphatic carbocycles. The molecule has 104 valence electrons. The maximum Gasteiger partial charge on any atom is 0.226 e. The molecule has 0 spiro atoms. The van der Waals surface area contributed by atoms with E-state index in [1.165, 1.54) is 23.2 Å². The average Bonchev–Trinajstić information content (AvgIpc) is 2.82. The molecule has 0 radical (unpaired) electrons. The van der Waals surface area contributed by atoms with Gasteiger partial charge >= 0.3 is 0 Å². The highest BCUT2D eigenvalue weighted by Gasteiger charge is 2.18. The van der Waals surface area contributed by atoms with Crippen molar-refractivity contribution in [3.05, 3.63) is 29.8 Å². The number of nitrogen functional groups attached to an aromatic ring is 1. The van der Waals surface area contributed by atoms with Gasteiger partial charge in [0, 0.05) is 6.08 Å². The van der Waals surface area contributed by atoms with Crippen LogP contribution in [0, 0.1) is 0 Å². The van der Waals surface area contributed by atoms with Gasteiger partial charge in [0.2, 0.25) is 11.2 Å². The first kappa shape index (κ1) is 12.5. The van der Waals surface area contributed by atoms with Gasteiger partial charge in [0.05, 0.1) is 5.70 Å². The van der Waals surface area contributed by atoms with E-state index < -0.39 is 6.73 Å². The summed E-state index contributed by atoms with van der Waals surface area (Å²) in [5, 5.41) is 19.5. The number of hydroxylamine groups is 2. The Bertz CT molecular complexity index is 740. The Morgan fingerprint density at radius 3 is 2.90 bits per heavy atom. The second kappa shape index (κ2) is 4.54. The molecule has 0 saturated heterocycles. The number of aromatic nitrogens is 4. The molecule has 9 nitrogen and oxygen atoms in total. The van der Waals surface area contributed by atoms with E-state index in [9.17, 15) is 5.11 Å². The van der Waals surface area contributed by atoms with Crippen molar-refractivity contribution in [1.82, 2.24) is 24.6 Å². The topological polar surface area (TPSA) is 123 Å². The predicted molar refractivity (Wildman–Crippen MR) is 69.7 cm³/mol. The lowest BCUT2D eigenvalue weighted by Crippen LogP contribution is -2.25. The van der Waals surface area contributed by atoms with Crippen molar-refractivity contribution in [2.24, 2.45) is 0 Å². The Labute approximate surface area is 117 Å². The lowest BCUT2D eigenvalue weighted by atomic mass is 10.4. The van der Waals surface area contributed by atoms with E-state index in [0.717, 1.165) is 5.06 Å². The van der Waals surface area contributed by atoms with Crippen molar-refractivity contribution in [2.75, 3.05) is 12.5 Å². The summed E-state index contributed by atoms with van der Waals surface area (Å²) < 4.78 is 1.52. The normalized spacial score (nSPS) is 15.0. The van der Waals surface area contributed by atoms with Crippen LogP contribution in [0.15, 0.2) is 24.5 Å². The zero-order valence-corrected chi connectivity index (χ0v) is 10.7. The highest BCUT2D eigenvalue weighted by Crippen LogP contribution is 2.24. The molecule has 3 rings (SSSR count). The van der Waals surface area contributed by atoms with E-state index in [0.29, 0.717) is 16.9 Å². The van der Waals surface area contributed by atoms with E-state index in [2.05, 4.69) is 15.0 Å². The highest BCUT2D eigenvalue weighted by molar-refractivity contribution is 6.28. The molecule has 2 aromatic heterocycles. The molecule has 0 aromatic carbocycles. The standard InChI is InChI=1S/C10H9ClN6O3/c11-10-14-8(12)7-9(15-10)16(3-13-7)5-1-6(19)17(4-18)20-2-5/h1-3,18-19H,4H2,(H2,12,14,15). The number of aliphatic hydroxyl groups is 2. The molecule has 0 unspecified atom stereocenters. The minimum atomic E-state index is -0.488. The number of aliphatic hydroxyl groups excluding tert-OH is 2. The summed E-state index contributed by atoms with van der Waals surface area (Å²) in [7, 11) is 0. The molecule has 4 N–H and O–H groups in total. The van der Waals surface area contributed by atoms with Gasteiger partial charge in [-0.3, -0.25) is 4.57 Å². The van der Waals surface area contributed by atoms with Gasteiger partial charge in [0.15, 0.2) is 23.7 Å². The van der Waals surface area contributed by atoms with Crippen LogP contribution in [0.25, 0.3) is 16.9 Å². The molecule has 20 heavy (non-hydrogen) atoms. The third-order valence-corrected chi connectivity index (χ3v) is 2.80. The van der Waals surface area contributed by atoms with Gasteiger partial charge in [-0.25, -0.2) is 4.98 Å². The number of allylic oxidation sites excluding steroid dienone is 2. The van der Waals surface area contributed by atoms with Gasteiger partial charge in [-0.15, -0.1) is 0 Å². The van der Waals surface area contributed by atoms with Gasteiger partial charge in [0.1, 0.15) is 12.6 Å². The second-order valence-corrected chi connectivity index (χ2v) is 4.17. The summed E-state index contributed by atoms with van der Waals surface area (Å²) in [6.45, 7) is -0.488. The first-order valence-corrected chi connectivity index (χ1v) is 5.80. The third-order valence-electron chi connectivity index (χ3n) is 2.64. The SMILES string of the molecule is Nc1nc(Cl)nc2c1ncn2C1=CON(CO)C(O)=C1. The summed E-state index contributed by atoms with van der Waals surface area (Å²) in [6, 6.07) is 0. The Morgan fingerprint density at radius 2 is 2.20 bits per heavy atom. The zero-order chi connectivity index (χ0) is 14.3. The summed E-state index contributed by atoms with van der Waals surface area (Å²) in [4.78, 5) is 17.0. The van der Waals surface area contributed by atoms with Gasteiger partial charge in [-0.05, 0) is 11.6 Å². The van der Waals surface area contributed by atoms with E-state index in [1.54, 1.807) is 0 Å². The summed E-state index contributed by atoms with van der Waals surface area (Å²) >= 11 is 5.77. The molecule has 1 aliphatic rings. The number of nitrogens with zero attached hydrogens (tertiary/aromatic N) is 5. The van der Waals surface area contributed by atoms with Crippen LogP contribution in [-0.2, 0) is 4.84 Å². The lowest BCUT2D eigenvalue weighted by molar-refractivity contribution is -0.151. The molecular formula is C10H9ClN6O3. The fourth-order valence-corrected chi connectivity index (χ4v) is 1.90. The van der Waals surface area contributed by atoms with E-state index in [4.69, 9.17) is 27.3 Å². The third kappa shape index (κ3) is 1.89. The summed E-state index contributed by atoms with van der Waals surface area (Å²) in [5.41, 5.74) is 6.89. The van der Waals surface area contributed by atoms with Crippen LogP contribution in [0.5, 0.6) is 0 Å². The predicted octanol–water partition coefficient (Wildman–Crippen LogP) is 0.457. The smallest absolute Gasteiger partial charge is 0.226 e. The van der Waals surface area contributed by atoms with Gasteiger partial charge in [-0.2, -0.15) is 15.0 Å². The Morgan fingerprint density at radius 1 is 1.40 bits per heavy atom. The minimum absolute atomic E-state index is 0.0146. The first-order chi connectivity index (χ1) is 9.60. The van der Waals surface area contributed by atoms with Crippen molar-refractivity contribution in [3.63, 3.8) is 0 Å². The minimum Gasteiger partial charge on any atom is -0.493 e. The van der Waals surface area contributed by atoms with E-state index in [1.807, 2.05) is 0 Å². The molecule has 0 atom stereocenters. The largest absolute Gasteiger partial charge is 0.493 e. The number of anilines is 1. The molecule has 10 heteroatoms. The summed E-state index contributed by atoms with van der Waals surface area (Å²) in [5.74, 6) is -0.110. The van der Waals surface area contributed by atoms with E-state index in [-0.39, 0.29) is 17.0 Å². The molecule has 0 amide bonds. The van der Waals surface area contributed by atoms with Crippen LogP contribution in [0.3, 0.4) is 0 Å². The number of halogens is 1. The molecule has 0 bridgehead atoms. The van der Waals surface area contributed by atoms with Crippen LogP contribution in [0.2, 0.25) is 5.28 Å². The van der Waals surface area contributed by atoms with E-state index >= 15 is 0 Å². The van der Waals surface area contributed by atoms with Crippen LogP contribution >= 0.6 is 11.6 Å². The van der Waals surface area contributed by atoms with Crippen LogP contribution in [0.4, 0.5) is 5.82 Å². The van der Waals surface area contributed by atoms with Gasteiger partial charge in [-0.1, -0.05) is 0 Å². The lowest BCUT2D eigenvalue weighted by Gasteiger charge is -2.22. The monoisotopic (exact) mass is 296 g/mol.